The zero-order chi connectivity index (χ0) is 23.4. The number of aromatic amines is 2. The molecule has 0 fully saturated rings. The van der Waals surface area contributed by atoms with Crippen LogP contribution in [0.15, 0.2) is 53.7 Å². The lowest BCUT2D eigenvalue weighted by Gasteiger charge is -2.12. The van der Waals surface area contributed by atoms with E-state index in [1.807, 2.05) is 0 Å². The van der Waals surface area contributed by atoms with Gasteiger partial charge in [0.1, 0.15) is 11.6 Å². The molecule has 3 aromatic heterocycles. The van der Waals surface area contributed by atoms with Gasteiger partial charge < -0.3 is 20.6 Å². The van der Waals surface area contributed by atoms with Crippen molar-refractivity contribution in [3.8, 4) is 22.6 Å². The summed E-state index contributed by atoms with van der Waals surface area (Å²) in [4.78, 5) is 40.4. The number of hydrogen-bond donors (Lipinski definition) is 4. The summed E-state index contributed by atoms with van der Waals surface area (Å²) in [6.45, 7) is 0.779. The second kappa shape index (κ2) is 9.67. The topological polar surface area (TPSA) is 155 Å². The lowest BCUT2D eigenvalue weighted by molar-refractivity contribution is -0.386. The first-order valence-electron chi connectivity index (χ1n) is 9.60. The van der Waals surface area contributed by atoms with E-state index in [1.165, 1.54) is 6.07 Å². The largest absolute Gasteiger partial charge is 0.370 e. The number of imidazole rings is 1. The zero-order valence-corrected chi connectivity index (χ0v) is 18.3. The van der Waals surface area contributed by atoms with Crippen molar-refractivity contribution >= 4 is 40.7 Å². The molecule has 168 valence electrons. The number of hydrogen-bond acceptors (Lipinski definition) is 8. The van der Waals surface area contributed by atoms with Gasteiger partial charge in [-0.05, 0) is 24.3 Å². The van der Waals surface area contributed by atoms with E-state index in [1.54, 1.807) is 36.8 Å². The first kappa shape index (κ1) is 22.2. The van der Waals surface area contributed by atoms with E-state index in [4.69, 9.17) is 23.2 Å². The maximum Gasteiger partial charge on any atom is 0.334 e. The number of H-pyrrole nitrogens is 2. The van der Waals surface area contributed by atoms with Crippen LogP contribution in [-0.2, 0) is 0 Å². The van der Waals surface area contributed by atoms with Crippen molar-refractivity contribution in [1.29, 1.82) is 0 Å². The second-order valence-electron chi connectivity index (χ2n) is 6.71. The summed E-state index contributed by atoms with van der Waals surface area (Å²) in [5, 5.41) is 17.7. The molecule has 0 amide bonds. The minimum atomic E-state index is -0.778. The molecule has 0 aliphatic rings. The number of nitro groups is 1. The molecule has 0 radical (unpaired) electrons. The Hall–Kier alpha value is -3.96. The molecule has 0 saturated carbocycles. The van der Waals surface area contributed by atoms with Gasteiger partial charge in [0.15, 0.2) is 0 Å². The van der Waals surface area contributed by atoms with E-state index in [0.29, 0.717) is 57.5 Å². The van der Waals surface area contributed by atoms with Gasteiger partial charge in [-0.1, -0.05) is 23.2 Å². The maximum absolute atomic E-state index is 11.7. The third-order valence-electron chi connectivity index (χ3n) is 4.54. The lowest BCUT2D eigenvalue weighted by Crippen LogP contribution is -2.18. The normalized spacial score (nSPS) is 10.7. The molecule has 0 bridgehead atoms. The van der Waals surface area contributed by atoms with Crippen molar-refractivity contribution in [1.82, 2.24) is 24.9 Å². The molecular weight excluding hydrogens is 471 g/mol. The number of anilines is 2. The zero-order valence-electron chi connectivity index (χ0n) is 16.8. The van der Waals surface area contributed by atoms with Crippen LogP contribution in [0, 0.1) is 10.1 Å². The molecule has 0 saturated heterocycles. The van der Waals surface area contributed by atoms with Crippen molar-refractivity contribution < 1.29 is 4.92 Å². The van der Waals surface area contributed by atoms with Crippen LogP contribution in [-0.4, -0.2) is 42.9 Å². The van der Waals surface area contributed by atoms with Gasteiger partial charge in [0.25, 0.3) is 0 Å². The summed E-state index contributed by atoms with van der Waals surface area (Å²) in [7, 11) is 0. The van der Waals surface area contributed by atoms with Crippen molar-refractivity contribution in [2.75, 3.05) is 23.7 Å². The molecule has 0 aliphatic carbocycles. The van der Waals surface area contributed by atoms with Crippen molar-refractivity contribution in [3.05, 3.63) is 79.4 Å². The van der Waals surface area contributed by atoms with Crippen LogP contribution in [0.3, 0.4) is 0 Å². The average Bonchev–Trinajstić information content (AvgIpc) is 3.31. The highest BCUT2D eigenvalue weighted by molar-refractivity contribution is 6.36. The predicted octanol–water partition coefficient (Wildman–Crippen LogP) is 3.96. The molecule has 33 heavy (non-hydrogen) atoms. The molecule has 4 rings (SSSR count). The van der Waals surface area contributed by atoms with Crippen LogP contribution in [0.25, 0.3) is 22.6 Å². The highest BCUT2D eigenvalue weighted by Crippen LogP contribution is 2.34. The van der Waals surface area contributed by atoms with Crippen molar-refractivity contribution in [2.24, 2.45) is 0 Å². The Morgan fingerprint density at radius 2 is 1.88 bits per heavy atom. The quantitative estimate of drug-likeness (QED) is 0.165. The Labute approximate surface area is 196 Å². The van der Waals surface area contributed by atoms with Gasteiger partial charge in [-0.3, -0.25) is 14.9 Å². The van der Waals surface area contributed by atoms with Crippen LogP contribution >= 0.6 is 23.2 Å². The number of nitrogens with one attached hydrogen (secondary N) is 4. The molecule has 4 N–H and O–H groups in total. The fourth-order valence-electron chi connectivity index (χ4n) is 3.02. The number of pyridine rings is 1. The van der Waals surface area contributed by atoms with E-state index in [0.717, 1.165) is 6.07 Å². The number of rotatable bonds is 8. The third-order valence-corrected chi connectivity index (χ3v) is 5.09. The summed E-state index contributed by atoms with van der Waals surface area (Å²) in [5.74, 6) is 1.30. The Balaban J connectivity index is 1.50. The van der Waals surface area contributed by atoms with Crippen molar-refractivity contribution in [2.45, 2.75) is 0 Å². The Kier molecular flexibility index (Phi) is 6.52. The fourth-order valence-corrected chi connectivity index (χ4v) is 3.52. The van der Waals surface area contributed by atoms with Gasteiger partial charge in [0.05, 0.1) is 21.2 Å². The number of halogens is 2. The van der Waals surface area contributed by atoms with Crippen LogP contribution in [0.5, 0.6) is 0 Å². The van der Waals surface area contributed by atoms with Crippen LogP contribution in [0.2, 0.25) is 10.0 Å². The SMILES string of the molecule is O=c1[nH]c(NCCNc2ncc(-c3ncc[nH]3)c(-c3ccc(Cl)cc3Cl)n2)ccc1[N+](=O)[O-]. The maximum atomic E-state index is 11.7. The molecule has 13 heteroatoms. The molecule has 11 nitrogen and oxygen atoms in total. The first-order chi connectivity index (χ1) is 15.9. The summed E-state index contributed by atoms with van der Waals surface area (Å²) in [6.07, 6.45) is 4.96. The number of aromatic nitrogens is 5. The number of benzene rings is 1. The third kappa shape index (κ3) is 5.10. The Bertz CT molecular complexity index is 1360. The van der Waals surface area contributed by atoms with Crippen LogP contribution in [0.1, 0.15) is 0 Å². The van der Waals surface area contributed by atoms with Gasteiger partial charge >= 0.3 is 11.2 Å². The molecule has 3 heterocycles. The van der Waals surface area contributed by atoms with E-state index in [-0.39, 0.29) is 0 Å². The summed E-state index contributed by atoms with van der Waals surface area (Å²) in [6, 6.07) is 7.70. The van der Waals surface area contributed by atoms with Crippen LogP contribution < -0.4 is 16.2 Å². The smallest absolute Gasteiger partial charge is 0.334 e. The molecule has 4 aromatic rings. The summed E-state index contributed by atoms with van der Waals surface area (Å²) < 4.78 is 0. The van der Waals surface area contributed by atoms with E-state index < -0.39 is 16.2 Å². The average molecular weight is 487 g/mol. The van der Waals surface area contributed by atoms with Gasteiger partial charge in [-0.25, -0.2) is 15.0 Å². The number of nitrogens with zero attached hydrogens (tertiary/aromatic N) is 4. The highest BCUT2D eigenvalue weighted by Gasteiger charge is 2.16. The molecule has 0 aliphatic heterocycles. The second-order valence-corrected chi connectivity index (χ2v) is 7.56. The Morgan fingerprint density at radius 1 is 1.06 bits per heavy atom. The van der Waals surface area contributed by atoms with E-state index in [9.17, 15) is 14.9 Å². The van der Waals surface area contributed by atoms with Gasteiger partial charge in [-0.15, -0.1) is 0 Å². The minimum absolute atomic E-state index is 0.352. The van der Waals surface area contributed by atoms with E-state index in [2.05, 4.69) is 35.6 Å². The Morgan fingerprint density at radius 3 is 2.58 bits per heavy atom. The van der Waals surface area contributed by atoms with Gasteiger partial charge in [0.2, 0.25) is 5.95 Å². The predicted molar refractivity (Wildman–Crippen MR) is 126 cm³/mol. The van der Waals surface area contributed by atoms with Gasteiger partial charge in [-0.2, -0.15) is 0 Å². The molecule has 0 spiro atoms. The molecule has 1 aromatic carbocycles. The summed E-state index contributed by atoms with van der Waals surface area (Å²) in [5.41, 5.74) is 0.601. The van der Waals surface area contributed by atoms with Crippen molar-refractivity contribution in [3.63, 3.8) is 0 Å². The standard InChI is InChI=1S/C20H16Cl2N8O3/c21-11-1-2-12(14(22)9-11)17-13(18-24-6-7-25-18)10-27-20(29-17)26-8-5-23-16-4-3-15(30(32)33)19(31)28-16/h1-4,6-7,9-10H,5,8H2,(H,24,25)(H2,23,28,31)(H,26,27,29). The minimum Gasteiger partial charge on any atom is -0.370 e. The molecule has 0 atom stereocenters. The van der Waals surface area contributed by atoms with E-state index >= 15 is 0 Å². The lowest BCUT2D eigenvalue weighted by atomic mass is 10.1. The highest BCUT2D eigenvalue weighted by atomic mass is 35.5. The summed E-state index contributed by atoms with van der Waals surface area (Å²) >= 11 is 12.4. The fraction of sp³-hybridized carbons (Fsp3) is 0.100. The molecule has 0 unspecified atom stereocenters. The van der Waals surface area contributed by atoms with Crippen LogP contribution in [0.4, 0.5) is 17.5 Å². The van der Waals surface area contributed by atoms with Gasteiger partial charge in [0, 0.05) is 48.3 Å². The molecular formula is C20H16Cl2N8O3. The first-order valence-corrected chi connectivity index (χ1v) is 10.4. The monoisotopic (exact) mass is 486 g/mol.